The van der Waals surface area contributed by atoms with Crippen LogP contribution in [0.4, 0.5) is 0 Å². The van der Waals surface area contributed by atoms with E-state index >= 15 is 0 Å². The van der Waals surface area contributed by atoms with Gasteiger partial charge >= 0.3 is 5.97 Å². The Morgan fingerprint density at radius 3 is 2.92 bits per heavy atom. The summed E-state index contributed by atoms with van der Waals surface area (Å²) < 4.78 is 5.33. The molecular formula is C9H14O3. The van der Waals surface area contributed by atoms with Gasteiger partial charge in [0.05, 0.1) is 6.10 Å². The molecule has 1 aliphatic rings. The Morgan fingerprint density at radius 2 is 2.50 bits per heavy atom. The van der Waals surface area contributed by atoms with Gasteiger partial charge in [0.1, 0.15) is 0 Å². The highest BCUT2D eigenvalue weighted by atomic mass is 16.5. The lowest BCUT2D eigenvalue weighted by Crippen LogP contribution is -2.11. The molecule has 1 saturated heterocycles. The summed E-state index contributed by atoms with van der Waals surface area (Å²) in [4.78, 5) is 10.6. The van der Waals surface area contributed by atoms with E-state index in [9.17, 15) is 4.79 Å². The van der Waals surface area contributed by atoms with Gasteiger partial charge in [0.25, 0.3) is 0 Å². The minimum absolute atomic E-state index is 0.132. The SMILES string of the molecule is C/C=C(\CC1CCCO1)C(=O)O. The predicted octanol–water partition coefficient (Wildman–Crippen LogP) is 1.59. The molecular weight excluding hydrogens is 156 g/mol. The van der Waals surface area contributed by atoms with E-state index in [1.54, 1.807) is 13.0 Å². The highest BCUT2D eigenvalue weighted by Gasteiger charge is 2.19. The molecule has 0 spiro atoms. The third kappa shape index (κ3) is 2.34. The van der Waals surface area contributed by atoms with Crippen molar-refractivity contribution >= 4 is 5.97 Å². The molecule has 0 aliphatic carbocycles. The number of carboxylic acid groups (broad SMARTS) is 1. The third-order valence-electron chi connectivity index (χ3n) is 2.09. The van der Waals surface area contributed by atoms with Crippen molar-refractivity contribution in [2.45, 2.75) is 32.3 Å². The largest absolute Gasteiger partial charge is 0.478 e. The second-order valence-electron chi connectivity index (χ2n) is 2.96. The first-order valence-corrected chi connectivity index (χ1v) is 4.24. The van der Waals surface area contributed by atoms with Gasteiger partial charge in [-0.25, -0.2) is 4.79 Å². The van der Waals surface area contributed by atoms with E-state index in [2.05, 4.69) is 0 Å². The van der Waals surface area contributed by atoms with Crippen molar-refractivity contribution in [3.8, 4) is 0 Å². The Morgan fingerprint density at radius 1 is 1.75 bits per heavy atom. The van der Waals surface area contributed by atoms with Gasteiger partial charge in [0.15, 0.2) is 0 Å². The van der Waals surface area contributed by atoms with Crippen LogP contribution in [0, 0.1) is 0 Å². The molecule has 1 rings (SSSR count). The molecule has 1 unspecified atom stereocenters. The highest BCUT2D eigenvalue weighted by molar-refractivity contribution is 5.86. The standard InChI is InChI=1S/C9H14O3/c1-2-7(9(10)11)6-8-4-3-5-12-8/h2,8H,3-6H2,1H3,(H,10,11)/b7-2+. The minimum Gasteiger partial charge on any atom is -0.478 e. The Balaban J connectivity index is 2.42. The molecule has 12 heavy (non-hydrogen) atoms. The number of carbonyl (C=O) groups is 1. The summed E-state index contributed by atoms with van der Waals surface area (Å²) in [5.41, 5.74) is 0.460. The summed E-state index contributed by atoms with van der Waals surface area (Å²) in [6.45, 7) is 2.53. The maximum atomic E-state index is 10.6. The van der Waals surface area contributed by atoms with Gasteiger partial charge in [-0.1, -0.05) is 6.08 Å². The van der Waals surface area contributed by atoms with E-state index in [-0.39, 0.29) is 6.10 Å². The highest BCUT2D eigenvalue weighted by Crippen LogP contribution is 2.19. The smallest absolute Gasteiger partial charge is 0.331 e. The zero-order valence-electron chi connectivity index (χ0n) is 7.25. The Bertz CT molecular complexity index is 190. The Labute approximate surface area is 72.0 Å². The molecule has 0 aromatic rings. The molecule has 1 heterocycles. The molecule has 0 aromatic heterocycles. The second kappa shape index (κ2) is 4.26. The number of allylic oxidation sites excluding steroid dienone is 1. The lowest BCUT2D eigenvalue weighted by Gasteiger charge is -2.08. The van der Waals surface area contributed by atoms with Crippen molar-refractivity contribution in [1.29, 1.82) is 0 Å². The van der Waals surface area contributed by atoms with Crippen LogP contribution in [0.15, 0.2) is 11.6 Å². The van der Waals surface area contributed by atoms with E-state index in [1.807, 2.05) is 0 Å². The summed E-state index contributed by atoms with van der Waals surface area (Å²) in [5, 5.41) is 8.71. The zero-order chi connectivity index (χ0) is 8.97. The quantitative estimate of drug-likeness (QED) is 0.654. The number of rotatable bonds is 3. The van der Waals surface area contributed by atoms with Crippen LogP contribution in [-0.2, 0) is 9.53 Å². The van der Waals surface area contributed by atoms with Crippen molar-refractivity contribution in [3.63, 3.8) is 0 Å². The Kier molecular flexibility index (Phi) is 3.29. The van der Waals surface area contributed by atoms with Crippen LogP contribution in [0.2, 0.25) is 0 Å². The van der Waals surface area contributed by atoms with Crippen LogP contribution < -0.4 is 0 Å². The number of carboxylic acids is 1. The van der Waals surface area contributed by atoms with Crippen molar-refractivity contribution < 1.29 is 14.6 Å². The normalized spacial score (nSPS) is 24.4. The molecule has 3 heteroatoms. The van der Waals surface area contributed by atoms with Gasteiger partial charge in [0, 0.05) is 18.6 Å². The minimum atomic E-state index is -0.826. The average Bonchev–Trinajstić information content (AvgIpc) is 2.51. The summed E-state index contributed by atoms with van der Waals surface area (Å²) >= 11 is 0. The first kappa shape index (κ1) is 9.26. The van der Waals surface area contributed by atoms with Gasteiger partial charge in [-0.05, 0) is 19.8 Å². The molecule has 1 atom stereocenters. The van der Waals surface area contributed by atoms with Gasteiger partial charge in [-0.3, -0.25) is 0 Å². The van der Waals surface area contributed by atoms with E-state index in [1.165, 1.54) is 0 Å². The fraction of sp³-hybridized carbons (Fsp3) is 0.667. The van der Waals surface area contributed by atoms with Crippen LogP contribution in [0.25, 0.3) is 0 Å². The first-order chi connectivity index (χ1) is 5.74. The summed E-state index contributed by atoms with van der Waals surface area (Å²) in [7, 11) is 0. The van der Waals surface area contributed by atoms with Crippen molar-refractivity contribution in [2.75, 3.05) is 6.61 Å². The van der Waals surface area contributed by atoms with Gasteiger partial charge in [0.2, 0.25) is 0 Å². The van der Waals surface area contributed by atoms with Crippen molar-refractivity contribution in [2.24, 2.45) is 0 Å². The van der Waals surface area contributed by atoms with Gasteiger partial charge in [-0.2, -0.15) is 0 Å². The van der Waals surface area contributed by atoms with Crippen LogP contribution in [0.5, 0.6) is 0 Å². The maximum Gasteiger partial charge on any atom is 0.331 e. The van der Waals surface area contributed by atoms with Crippen LogP contribution in [0.1, 0.15) is 26.2 Å². The average molecular weight is 170 g/mol. The third-order valence-corrected chi connectivity index (χ3v) is 2.09. The molecule has 0 aromatic carbocycles. The van der Waals surface area contributed by atoms with E-state index in [0.717, 1.165) is 19.4 Å². The molecule has 3 nitrogen and oxygen atoms in total. The first-order valence-electron chi connectivity index (χ1n) is 4.24. The fourth-order valence-electron chi connectivity index (χ4n) is 1.38. The molecule has 0 bridgehead atoms. The number of hydrogen-bond acceptors (Lipinski definition) is 2. The number of aliphatic carboxylic acids is 1. The topological polar surface area (TPSA) is 46.5 Å². The lowest BCUT2D eigenvalue weighted by molar-refractivity contribution is -0.133. The molecule has 1 fully saturated rings. The molecule has 0 radical (unpaired) electrons. The summed E-state index contributed by atoms with van der Waals surface area (Å²) in [6.07, 6.45) is 4.37. The van der Waals surface area contributed by atoms with Crippen LogP contribution >= 0.6 is 0 Å². The maximum absolute atomic E-state index is 10.6. The van der Waals surface area contributed by atoms with Crippen LogP contribution in [-0.4, -0.2) is 23.8 Å². The molecule has 0 saturated carbocycles. The molecule has 0 amide bonds. The monoisotopic (exact) mass is 170 g/mol. The van der Waals surface area contributed by atoms with Gasteiger partial charge < -0.3 is 9.84 Å². The number of hydrogen-bond donors (Lipinski definition) is 1. The van der Waals surface area contributed by atoms with Crippen LogP contribution in [0.3, 0.4) is 0 Å². The Hall–Kier alpha value is -0.830. The van der Waals surface area contributed by atoms with Crippen molar-refractivity contribution in [3.05, 3.63) is 11.6 Å². The lowest BCUT2D eigenvalue weighted by atomic mass is 10.1. The molecule has 1 N–H and O–H groups in total. The fourth-order valence-corrected chi connectivity index (χ4v) is 1.38. The van der Waals surface area contributed by atoms with E-state index < -0.39 is 5.97 Å². The second-order valence-corrected chi connectivity index (χ2v) is 2.96. The van der Waals surface area contributed by atoms with Crippen molar-refractivity contribution in [1.82, 2.24) is 0 Å². The predicted molar refractivity (Wildman–Crippen MR) is 45.0 cm³/mol. The van der Waals surface area contributed by atoms with E-state index in [4.69, 9.17) is 9.84 Å². The van der Waals surface area contributed by atoms with Gasteiger partial charge in [-0.15, -0.1) is 0 Å². The van der Waals surface area contributed by atoms with E-state index in [0.29, 0.717) is 12.0 Å². The zero-order valence-corrected chi connectivity index (χ0v) is 7.25. The molecule has 68 valence electrons. The number of ether oxygens (including phenoxy) is 1. The molecule has 1 aliphatic heterocycles. The summed E-state index contributed by atoms with van der Waals surface area (Å²) in [5.74, 6) is -0.826. The summed E-state index contributed by atoms with van der Waals surface area (Å²) in [6, 6.07) is 0.